The van der Waals surface area contributed by atoms with Crippen molar-refractivity contribution in [1.82, 2.24) is 15.0 Å². The van der Waals surface area contributed by atoms with Gasteiger partial charge in [-0.1, -0.05) is 96.1 Å². The maximum Gasteiger partial charge on any atom is 0.116 e. The standard InChI is InChI=1S/C33H33N3/c1-32(2,3)25-12-8-10-23(18-25)27-13-14-28(31-29(27)20-34-21-36-31)22-9-7-11-24(17-22)30-19-26(15-16-35-30)33(4,5)6/h7-21H,1-6H3. The highest BCUT2D eigenvalue weighted by atomic mass is 14.8. The molecule has 0 saturated carbocycles. The van der Waals surface area contributed by atoms with E-state index in [0.717, 1.165) is 38.9 Å². The summed E-state index contributed by atoms with van der Waals surface area (Å²) in [5.74, 6) is 0. The van der Waals surface area contributed by atoms with Crippen LogP contribution < -0.4 is 0 Å². The van der Waals surface area contributed by atoms with Gasteiger partial charge in [-0.2, -0.15) is 0 Å². The van der Waals surface area contributed by atoms with Crippen molar-refractivity contribution in [2.24, 2.45) is 0 Å². The summed E-state index contributed by atoms with van der Waals surface area (Å²) in [6, 6.07) is 26.1. The van der Waals surface area contributed by atoms with Gasteiger partial charge in [-0.3, -0.25) is 4.98 Å². The number of benzene rings is 3. The van der Waals surface area contributed by atoms with Crippen molar-refractivity contribution in [3.8, 4) is 33.5 Å². The van der Waals surface area contributed by atoms with Crippen LogP contribution in [0.3, 0.4) is 0 Å². The van der Waals surface area contributed by atoms with Crippen LogP contribution in [0.1, 0.15) is 52.7 Å². The first kappa shape index (κ1) is 23.9. The van der Waals surface area contributed by atoms with Crippen molar-refractivity contribution in [2.45, 2.75) is 52.4 Å². The summed E-state index contributed by atoms with van der Waals surface area (Å²) in [5, 5.41) is 1.05. The van der Waals surface area contributed by atoms with Crippen molar-refractivity contribution in [3.05, 3.63) is 103 Å². The van der Waals surface area contributed by atoms with Crippen molar-refractivity contribution >= 4 is 10.9 Å². The number of rotatable bonds is 3. The second-order valence-electron chi connectivity index (χ2n) is 11.5. The lowest BCUT2D eigenvalue weighted by atomic mass is 9.85. The molecule has 180 valence electrons. The first-order valence-corrected chi connectivity index (χ1v) is 12.5. The van der Waals surface area contributed by atoms with E-state index in [2.05, 4.69) is 124 Å². The van der Waals surface area contributed by atoms with Gasteiger partial charge in [0.25, 0.3) is 0 Å². The SMILES string of the molecule is CC(C)(C)c1cccc(-c2ccc(-c3cccc(-c4cc(C(C)(C)C)ccn4)c3)c3ncncc23)c1. The summed E-state index contributed by atoms with van der Waals surface area (Å²) in [5.41, 5.74) is 10.3. The number of aromatic nitrogens is 3. The predicted molar refractivity (Wildman–Crippen MR) is 151 cm³/mol. The second kappa shape index (κ2) is 8.98. The quantitative estimate of drug-likeness (QED) is 0.264. The number of hydrogen-bond donors (Lipinski definition) is 0. The molecular formula is C33H33N3. The van der Waals surface area contributed by atoms with Crippen LogP contribution in [-0.2, 0) is 10.8 Å². The fourth-order valence-electron chi connectivity index (χ4n) is 4.62. The zero-order valence-corrected chi connectivity index (χ0v) is 22.0. The minimum atomic E-state index is 0.0720. The first-order valence-electron chi connectivity index (χ1n) is 12.5. The molecule has 0 N–H and O–H groups in total. The minimum Gasteiger partial charge on any atom is -0.256 e. The average molecular weight is 472 g/mol. The van der Waals surface area contributed by atoms with E-state index >= 15 is 0 Å². The highest BCUT2D eigenvalue weighted by molar-refractivity contribution is 6.02. The number of nitrogens with zero attached hydrogens (tertiary/aromatic N) is 3. The van der Waals surface area contributed by atoms with Gasteiger partial charge in [-0.25, -0.2) is 9.97 Å². The lowest BCUT2D eigenvalue weighted by molar-refractivity contribution is 0.589. The Morgan fingerprint density at radius 1 is 0.583 bits per heavy atom. The molecular weight excluding hydrogens is 438 g/mol. The van der Waals surface area contributed by atoms with Gasteiger partial charge in [-0.05, 0) is 56.8 Å². The Morgan fingerprint density at radius 2 is 1.22 bits per heavy atom. The van der Waals surface area contributed by atoms with E-state index in [4.69, 9.17) is 4.98 Å². The Kier molecular flexibility index (Phi) is 5.96. The second-order valence-corrected chi connectivity index (χ2v) is 11.5. The van der Waals surface area contributed by atoms with E-state index in [1.165, 1.54) is 16.7 Å². The van der Waals surface area contributed by atoms with Gasteiger partial charge in [0.15, 0.2) is 0 Å². The molecule has 2 heterocycles. The summed E-state index contributed by atoms with van der Waals surface area (Å²) in [4.78, 5) is 13.8. The van der Waals surface area contributed by atoms with Crippen LogP contribution >= 0.6 is 0 Å². The third-order valence-corrected chi connectivity index (χ3v) is 6.81. The van der Waals surface area contributed by atoms with Crippen molar-refractivity contribution < 1.29 is 0 Å². The summed E-state index contributed by atoms with van der Waals surface area (Å²) in [7, 11) is 0. The number of pyridine rings is 1. The van der Waals surface area contributed by atoms with E-state index in [1.54, 1.807) is 6.33 Å². The van der Waals surface area contributed by atoms with E-state index < -0.39 is 0 Å². The summed E-state index contributed by atoms with van der Waals surface area (Å²) in [6.07, 6.45) is 5.48. The minimum absolute atomic E-state index is 0.0720. The molecule has 36 heavy (non-hydrogen) atoms. The van der Waals surface area contributed by atoms with Gasteiger partial charge < -0.3 is 0 Å². The molecule has 0 fully saturated rings. The van der Waals surface area contributed by atoms with Gasteiger partial charge in [0.1, 0.15) is 6.33 Å². The Hall–Kier alpha value is -3.85. The van der Waals surface area contributed by atoms with E-state index in [0.29, 0.717) is 0 Å². The van der Waals surface area contributed by atoms with E-state index in [1.807, 2.05) is 12.4 Å². The molecule has 3 heteroatoms. The van der Waals surface area contributed by atoms with Crippen LogP contribution in [-0.4, -0.2) is 15.0 Å². The Labute approximate surface area is 214 Å². The first-order chi connectivity index (χ1) is 17.1. The average Bonchev–Trinajstić information content (AvgIpc) is 2.87. The van der Waals surface area contributed by atoms with Gasteiger partial charge in [0.2, 0.25) is 0 Å². The number of fused-ring (bicyclic) bond motifs is 1. The molecule has 5 aromatic rings. The van der Waals surface area contributed by atoms with Crippen LogP contribution in [0, 0.1) is 0 Å². The van der Waals surface area contributed by atoms with Gasteiger partial charge in [0.05, 0.1) is 11.2 Å². The fraction of sp³-hybridized carbons (Fsp3) is 0.242. The molecule has 0 aliphatic carbocycles. The highest BCUT2D eigenvalue weighted by Gasteiger charge is 2.17. The topological polar surface area (TPSA) is 38.7 Å². The lowest BCUT2D eigenvalue weighted by Gasteiger charge is -2.20. The maximum absolute atomic E-state index is 4.74. The largest absolute Gasteiger partial charge is 0.256 e. The molecule has 0 unspecified atom stereocenters. The Morgan fingerprint density at radius 3 is 1.97 bits per heavy atom. The fourth-order valence-corrected chi connectivity index (χ4v) is 4.62. The molecule has 0 atom stereocenters. The predicted octanol–water partition coefficient (Wildman–Crippen LogP) is 8.62. The Balaban J connectivity index is 1.62. The molecule has 0 bridgehead atoms. The molecule has 5 rings (SSSR count). The molecule has 0 aliphatic heterocycles. The van der Waals surface area contributed by atoms with Crippen molar-refractivity contribution in [3.63, 3.8) is 0 Å². The lowest BCUT2D eigenvalue weighted by Crippen LogP contribution is -2.11. The summed E-state index contributed by atoms with van der Waals surface area (Å²) >= 11 is 0. The highest BCUT2D eigenvalue weighted by Crippen LogP contribution is 2.37. The smallest absolute Gasteiger partial charge is 0.116 e. The molecule has 0 amide bonds. The van der Waals surface area contributed by atoms with Gasteiger partial charge >= 0.3 is 0 Å². The third-order valence-electron chi connectivity index (χ3n) is 6.81. The number of hydrogen-bond acceptors (Lipinski definition) is 3. The molecule has 0 aliphatic rings. The van der Waals surface area contributed by atoms with Crippen LogP contribution in [0.2, 0.25) is 0 Å². The molecule has 3 aromatic carbocycles. The molecule has 0 spiro atoms. The zero-order chi connectivity index (χ0) is 25.5. The zero-order valence-electron chi connectivity index (χ0n) is 22.0. The van der Waals surface area contributed by atoms with Crippen molar-refractivity contribution in [1.29, 1.82) is 0 Å². The molecule has 3 nitrogen and oxygen atoms in total. The van der Waals surface area contributed by atoms with Crippen LogP contribution in [0.5, 0.6) is 0 Å². The monoisotopic (exact) mass is 471 g/mol. The molecule has 0 radical (unpaired) electrons. The summed E-state index contributed by atoms with van der Waals surface area (Å²) in [6.45, 7) is 13.4. The normalized spacial score (nSPS) is 12.2. The molecule has 2 aromatic heterocycles. The Bertz CT molecular complexity index is 1550. The van der Waals surface area contributed by atoms with Crippen molar-refractivity contribution in [2.75, 3.05) is 0 Å². The van der Waals surface area contributed by atoms with Crippen LogP contribution in [0.25, 0.3) is 44.4 Å². The van der Waals surface area contributed by atoms with Gasteiger partial charge in [0, 0.05) is 28.9 Å². The maximum atomic E-state index is 4.74. The third kappa shape index (κ3) is 4.66. The summed E-state index contributed by atoms with van der Waals surface area (Å²) < 4.78 is 0. The van der Waals surface area contributed by atoms with E-state index in [9.17, 15) is 0 Å². The van der Waals surface area contributed by atoms with Crippen LogP contribution in [0.15, 0.2) is 91.5 Å². The van der Waals surface area contributed by atoms with E-state index in [-0.39, 0.29) is 10.8 Å². The molecule has 0 saturated heterocycles. The van der Waals surface area contributed by atoms with Gasteiger partial charge in [-0.15, -0.1) is 0 Å². The van der Waals surface area contributed by atoms with Crippen LogP contribution in [0.4, 0.5) is 0 Å².